The normalized spacial score (nSPS) is 10.9. The molecule has 4 rings (SSSR count). The quantitative estimate of drug-likeness (QED) is 0.0636. The minimum atomic E-state index is 0.483. The topological polar surface area (TPSA) is 57.4 Å². The molecule has 0 atom stereocenters. The number of nitrogens with zero attached hydrogens (tertiary/aromatic N) is 2. The van der Waals surface area contributed by atoms with Crippen LogP contribution in [-0.4, -0.2) is 23.4 Å². The third-order valence-corrected chi connectivity index (χ3v) is 8.40. The molecule has 0 aliphatic carbocycles. The molecular formula is C42H54N2O3. The van der Waals surface area contributed by atoms with Gasteiger partial charge in [-0.25, -0.2) is 0 Å². The smallest absolute Gasteiger partial charge is 0.248 e. The molecule has 0 amide bonds. The number of hydrogen-bond acceptors (Lipinski definition) is 5. The van der Waals surface area contributed by atoms with E-state index in [1.165, 1.54) is 89.9 Å². The zero-order chi connectivity index (χ0) is 32.8. The average Bonchev–Trinajstić information content (AvgIpc) is 3.61. The van der Waals surface area contributed by atoms with Gasteiger partial charge in [-0.15, -0.1) is 10.2 Å². The Labute approximate surface area is 283 Å². The second kappa shape index (κ2) is 21.7. The van der Waals surface area contributed by atoms with Gasteiger partial charge in [0.15, 0.2) is 0 Å². The van der Waals surface area contributed by atoms with Crippen LogP contribution in [0.5, 0.6) is 11.5 Å². The summed E-state index contributed by atoms with van der Waals surface area (Å²) in [7, 11) is 0. The van der Waals surface area contributed by atoms with Crippen LogP contribution in [-0.2, 0) is 0 Å². The molecule has 250 valence electrons. The largest absolute Gasteiger partial charge is 0.494 e. The van der Waals surface area contributed by atoms with Crippen LogP contribution in [0.25, 0.3) is 22.9 Å². The van der Waals surface area contributed by atoms with Crippen LogP contribution < -0.4 is 9.47 Å². The van der Waals surface area contributed by atoms with Gasteiger partial charge < -0.3 is 13.9 Å². The molecule has 0 bridgehead atoms. The van der Waals surface area contributed by atoms with Crippen molar-refractivity contribution in [2.75, 3.05) is 13.2 Å². The maximum Gasteiger partial charge on any atom is 0.248 e. The lowest BCUT2D eigenvalue weighted by molar-refractivity contribution is 0.304. The van der Waals surface area contributed by atoms with E-state index in [1.807, 2.05) is 72.8 Å². The second-order valence-electron chi connectivity index (χ2n) is 12.4. The highest BCUT2D eigenvalue weighted by molar-refractivity contribution is 5.59. The number of ether oxygens (including phenoxy) is 2. The molecule has 5 nitrogen and oxygen atoms in total. The molecule has 3 aromatic carbocycles. The van der Waals surface area contributed by atoms with Crippen molar-refractivity contribution < 1.29 is 13.9 Å². The van der Waals surface area contributed by atoms with E-state index in [4.69, 9.17) is 13.9 Å². The van der Waals surface area contributed by atoms with Gasteiger partial charge in [-0.3, -0.25) is 0 Å². The fraction of sp³-hybridized carbons (Fsp3) is 0.476. The van der Waals surface area contributed by atoms with Crippen molar-refractivity contribution in [2.45, 2.75) is 117 Å². The Hall–Kier alpha value is -4.04. The van der Waals surface area contributed by atoms with Crippen LogP contribution in [0.3, 0.4) is 0 Å². The summed E-state index contributed by atoms with van der Waals surface area (Å²) in [6.07, 6.45) is 20.8. The summed E-state index contributed by atoms with van der Waals surface area (Å²) in [4.78, 5) is 0. The lowest BCUT2D eigenvalue weighted by Crippen LogP contribution is -1.97. The van der Waals surface area contributed by atoms with Gasteiger partial charge in [0, 0.05) is 22.3 Å². The summed E-state index contributed by atoms with van der Waals surface area (Å²) in [5.41, 5.74) is 3.61. The molecule has 0 aliphatic heterocycles. The van der Waals surface area contributed by atoms with E-state index in [1.54, 1.807) is 0 Å². The van der Waals surface area contributed by atoms with Crippen molar-refractivity contribution in [1.82, 2.24) is 10.2 Å². The maximum atomic E-state index is 5.99. The van der Waals surface area contributed by atoms with E-state index in [0.29, 0.717) is 11.8 Å². The summed E-state index contributed by atoms with van der Waals surface area (Å²) in [5.74, 6) is 9.23. The molecule has 0 saturated carbocycles. The molecule has 0 aliphatic rings. The van der Waals surface area contributed by atoms with E-state index >= 15 is 0 Å². The highest BCUT2D eigenvalue weighted by Gasteiger charge is 2.11. The molecule has 0 N–H and O–H groups in total. The zero-order valence-corrected chi connectivity index (χ0v) is 28.8. The van der Waals surface area contributed by atoms with E-state index in [0.717, 1.165) is 59.8 Å². The third kappa shape index (κ3) is 13.7. The third-order valence-electron chi connectivity index (χ3n) is 8.40. The molecule has 5 heteroatoms. The maximum absolute atomic E-state index is 5.99. The molecule has 0 saturated heterocycles. The Balaban J connectivity index is 1.16. The summed E-state index contributed by atoms with van der Waals surface area (Å²) >= 11 is 0. The number of aromatic nitrogens is 2. The predicted octanol–water partition coefficient (Wildman–Crippen LogP) is 11.8. The molecule has 0 spiro atoms. The highest BCUT2D eigenvalue weighted by atomic mass is 16.5. The van der Waals surface area contributed by atoms with Crippen LogP contribution in [0.15, 0.2) is 77.2 Å². The number of hydrogen-bond donors (Lipinski definition) is 0. The standard InChI is InChI=1S/C42H54N2O3/c1-3-5-7-9-11-13-15-17-33-45-39-29-23-36(24-30-39)20-19-35-21-25-37(26-22-35)41-43-44-42(47-41)38-27-31-40(32-28-38)46-34-18-16-14-12-10-8-6-4-2/h21-32H,3-18,33-34H2,1-2H3. The molecule has 1 aromatic heterocycles. The SMILES string of the molecule is CCCCCCCCCCOc1ccc(C#Cc2ccc(-c3nnc(-c4ccc(OCCCCCCCCCC)cc4)o3)cc2)cc1. The van der Waals surface area contributed by atoms with Crippen LogP contribution in [0.4, 0.5) is 0 Å². The predicted molar refractivity (Wildman–Crippen MR) is 194 cm³/mol. The Morgan fingerprint density at radius 1 is 0.447 bits per heavy atom. The van der Waals surface area contributed by atoms with Crippen molar-refractivity contribution in [3.8, 4) is 46.2 Å². The Kier molecular flexibility index (Phi) is 16.5. The lowest BCUT2D eigenvalue weighted by Gasteiger charge is -2.06. The van der Waals surface area contributed by atoms with Crippen LogP contribution in [0, 0.1) is 11.8 Å². The van der Waals surface area contributed by atoms with Crippen LogP contribution in [0.1, 0.15) is 128 Å². The average molecular weight is 635 g/mol. The molecular weight excluding hydrogens is 580 g/mol. The first-order valence-corrected chi connectivity index (χ1v) is 18.2. The molecule has 47 heavy (non-hydrogen) atoms. The van der Waals surface area contributed by atoms with Gasteiger partial charge in [-0.05, 0) is 85.6 Å². The minimum Gasteiger partial charge on any atom is -0.494 e. The van der Waals surface area contributed by atoms with Gasteiger partial charge in [0.1, 0.15) is 11.5 Å². The molecule has 4 aromatic rings. The van der Waals surface area contributed by atoms with Gasteiger partial charge in [0.2, 0.25) is 11.8 Å². The van der Waals surface area contributed by atoms with Gasteiger partial charge >= 0.3 is 0 Å². The van der Waals surface area contributed by atoms with E-state index < -0.39 is 0 Å². The fourth-order valence-electron chi connectivity index (χ4n) is 5.48. The van der Waals surface area contributed by atoms with Crippen molar-refractivity contribution in [1.29, 1.82) is 0 Å². The monoisotopic (exact) mass is 634 g/mol. The van der Waals surface area contributed by atoms with Crippen molar-refractivity contribution in [2.24, 2.45) is 0 Å². The molecule has 1 heterocycles. The Morgan fingerprint density at radius 3 is 1.21 bits per heavy atom. The van der Waals surface area contributed by atoms with Crippen molar-refractivity contribution >= 4 is 0 Å². The van der Waals surface area contributed by atoms with Crippen LogP contribution in [0.2, 0.25) is 0 Å². The first-order valence-electron chi connectivity index (χ1n) is 18.2. The zero-order valence-electron chi connectivity index (χ0n) is 28.8. The van der Waals surface area contributed by atoms with Gasteiger partial charge in [0.25, 0.3) is 0 Å². The van der Waals surface area contributed by atoms with Gasteiger partial charge in [0.05, 0.1) is 13.2 Å². The highest BCUT2D eigenvalue weighted by Crippen LogP contribution is 2.26. The number of benzene rings is 3. The Bertz CT molecular complexity index is 1450. The number of unbranched alkanes of at least 4 members (excludes halogenated alkanes) is 14. The lowest BCUT2D eigenvalue weighted by atomic mass is 10.1. The summed E-state index contributed by atoms with van der Waals surface area (Å²) in [6, 6.07) is 23.8. The minimum absolute atomic E-state index is 0.483. The second-order valence-corrected chi connectivity index (χ2v) is 12.4. The van der Waals surface area contributed by atoms with Crippen molar-refractivity contribution in [3.63, 3.8) is 0 Å². The molecule has 0 radical (unpaired) electrons. The van der Waals surface area contributed by atoms with E-state index in [9.17, 15) is 0 Å². The first kappa shape index (κ1) is 35.8. The fourth-order valence-corrected chi connectivity index (χ4v) is 5.48. The summed E-state index contributed by atoms with van der Waals surface area (Å²) in [5, 5.41) is 8.54. The Morgan fingerprint density at radius 2 is 0.787 bits per heavy atom. The van der Waals surface area contributed by atoms with Crippen molar-refractivity contribution in [3.05, 3.63) is 83.9 Å². The van der Waals surface area contributed by atoms with Gasteiger partial charge in [-0.2, -0.15) is 0 Å². The van der Waals surface area contributed by atoms with Gasteiger partial charge in [-0.1, -0.05) is 116 Å². The molecule has 0 unspecified atom stereocenters. The number of rotatable bonds is 22. The van der Waals surface area contributed by atoms with E-state index in [2.05, 4.69) is 35.9 Å². The van der Waals surface area contributed by atoms with Crippen LogP contribution >= 0.6 is 0 Å². The van der Waals surface area contributed by atoms with E-state index in [-0.39, 0.29) is 0 Å². The summed E-state index contributed by atoms with van der Waals surface area (Å²) < 4.78 is 17.8. The first-order chi connectivity index (χ1) is 23.2. The summed E-state index contributed by atoms with van der Waals surface area (Å²) in [6.45, 7) is 6.04. The molecule has 0 fully saturated rings.